The Kier molecular flexibility index (Phi) is 3.78. The molecule has 8 heavy (non-hydrogen) atoms. The number of hydrogen-bond donors (Lipinski definition) is 0. The van der Waals surface area contributed by atoms with E-state index >= 15 is 0 Å². The van der Waals surface area contributed by atoms with Crippen molar-refractivity contribution in [3.8, 4) is 0 Å². The zero-order valence-corrected chi connectivity index (χ0v) is 4.70. The van der Waals surface area contributed by atoms with Crippen molar-refractivity contribution in [1.82, 2.24) is 5.17 Å². The van der Waals surface area contributed by atoms with Crippen molar-refractivity contribution >= 4 is 0 Å². The first kappa shape index (κ1) is 7.10. The molecule has 0 saturated carbocycles. The fourth-order valence-electron chi connectivity index (χ4n) is 0.184. The van der Waals surface area contributed by atoms with Crippen molar-refractivity contribution in [2.75, 3.05) is 13.7 Å². The van der Waals surface area contributed by atoms with Gasteiger partial charge in [0.25, 0.3) is 0 Å². The van der Waals surface area contributed by atoms with Gasteiger partial charge in [0.15, 0.2) is 0 Å². The van der Waals surface area contributed by atoms with Crippen LogP contribution in [0.3, 0.4) is 0 Å². The first-order valence-corrected chi connectivity index (χ1v) is 2.12. The molecule has 0 amide bonds. The molecule has 0 unspecified atom stereocenters. The predicted octanol–water partition coefficient (Wildman–Crippen LogP) is 0.717. The summed E-state index contributed by atoms with van der Waals surface area (Å²) in [5.74, 6) is 0. The van der Waals surface area contributed by atoms with Gasteiger partial charge in [-0.3, -0.25) is 4.84 Å². The molecule has 0 rings (SSSR count). The van der Waals surface area contributed by atoms with Gasteiger partial charge in [0, 0.05) is 0 Å². The second-order valence-corrected chi connectivity index (χ2v) is 1.13. The zero-order valence-electron chi connectivity index (χ0n) is 4.70. The number of hydrogen-bond acceptors (Lipinski definition) is 3. The highest BCUT2D eigenvalue weighted by Crippen LogP contribution is 1.82. The Morgan fingerprint density at radius 3 is 3.00 bits per heavy atom. The van der Waals surface area contributed by atoms with Crippen molar-refractivity contribution in [2.24, 2.45) is 5.29 Å². The molecule has 0 aromatic heterocycles. The summed E-state index contributed by atoms with van der Waals surface area (Å²) in [5.41, 5.74) is 0. The van der Waals surface area contributed by atoms with Gasteiger partial charge in [-0.2, -0.15) is 0 Å². The minimum atomic E-state index is 0.308. The Labute approximate surface area is 47.6 Å². The van der Waals surface area contributed by atoms with Crippen LogP contribution < -0.4 is 0 Å². The van der Waals surface area contributed by atoms with Gasteiger partial charge in [-0.05, 0) is 0 Å². The molecule has 0 spiro atoms. The van der Waals surface area contributed by atoms with E-state index in [1.807, 2.05) is 0 Å². The predicted molar refractivity (Wildman–Crippen MR) is 29.7 cm³/mol. The van der Waals surface area contributed by atoms with Crippen molar-refractivity contribution < 1.29 is 4.84 Å². The topological polar surface area (TPSA) is 41.9 Å². The first-order chi connectivity index (χ1) is 3.81. The van der Waals surface area contributed by atoms with E-state index in [4.69, 9.17) is 0 Å². The highest BCUT2D eigenvalue weighted by Gasteiger charge is 1.87. The van der Waals surface area contributed by atoms with Crippen LogP contribution in [-0.2, 0) is 4.84 Å². The third-order valence-corrected chi connectivity index (χ3v) is 0.494. The summed E-state index contributed by atoms with van der Waals surface area (Å²) in [7, 11) is 1.41. The Bertz CT molecular complexity index is 84.1. The molecule has 0 bridgehead atoms. The van der Waals surface area contributed by atoms with Crippen LogP contribution in [-0.4, -0.2) is 18.8 Å². The lowest BCUT2D eigenvalue weighted by molar-refractivity contribution is -0.128. The lowest BCUT2D eigenvalue weighted by Gasteiger charge is -2.03. The third-order valence-electron chi connectivity index (χ3n) is 0.494. The molecule has 0 fully saturated rings. The SMILES string of the molecule is C=CCON(C)N=O. The van der Waals surface area contributed by atoms with E-state index in [1.165, 1.54) is 13.1 Å². The largest absolute Gasteiger partial charge is 0.250 e. The quantitative estimate of drug-likeness (QED) is 0.308. The average Bonchev–Trinajstić information content (AvgIpc) is 1.83. The standard InChI is InChI=1S/C4H8N2O2/c1-3-4-8-6(2)5-7/h3H,1,4H2,2H3. The molecule has 4 heteroatoms. The Morgan fingerprint density at radius 1 is 2.00 bits per heavy atom. The first-order valence-electron chi connectivity index (χ1n) is 2.12. The van der Waals surface area contributed by atoms with Crippen molar-refractivity contribution in [2.45, 2.75) is 0 Å². The Morgan fingerprint density at radius 2 is 2.62 bits per heavy atom. The van der Waals surface area contributed by atoms with E-state index in [0.717, 1.165) is 5.17 Å². The molecular formula is C4H8N2O2. The molecular weight excluding hydrogens is 108 g/mol. The minimum Gasteiger partial charge on any atom is -0.250 e. The van der Waals surface area contributed by atoms with E-state index in [9.17, 15) is 4.91 Å². The molecule has 0 saturated heterocycles. The monoisotopic (exact) mass is 116 g/mol. The van der Waals surface area contributed by atoms with Crippen LogP contribution in [0.4, 0.5) is 0 Å². The number of nitrogens with zero attached hydrogens (tertiary/aromatic N) is 2. The van der Waals surface area contributed by atoms with E-state index in [0.29, 0.717) is 6.61 Å². The third kappa shape index (κ3) is 3.30. The second-order valence-electron chi connectivity index (χ2n) is 1.13. The maximum Gasteiger partial charge on any atom is 0.0947 e. The van der Waals surface area contributed by atoms with Crippen LogP contribution in [0.25, 0.3) is 0 Å². The van der Waals surface area contributed by atoms with Gasteiger partial charge in [-0.1, -0.05) is 6.08 Å². The highest BCUT2D eigenvalue weighted by atomic mass is 16.7. The molecule has 0 aromatic rings. The summed E-state index contributed by atoms with van der Waals surface area (Å²) in [6.07, 6.45) is 1.53. The molecule has 0 aromatic carbocycles. The van der Waals surface area contributed by atoms with Crippen LogP contribution in [0.2, 0.25) is 0 Å². The van der Waals surface area contributed by atoms with Gasteiger partial charge < -0.3 is 0 Å². The van der Waals surface area contributed by atoms with Crippen LogP contribution in [0.1, 0.15) is 0 Å². The average molecular weight is 116 g/mol. The molecule has 0 aliphatic rings. The highest BCUT2D eigenvalue weighted by molar-refractivity contribution is 4.62. The second kappa shape index (κ2) is 4.26. The van der Waals surface area contributed by atoms with Crippen molar-refractivity contribution in [1.29, 1.82) is 0 Å². The van der Waals surface area contributed by atoms with Crippen LogP contribution >= 0.6 is 0 Å². The summed E-state index contributed by atoms with van der Waals surface area (Å²) in [5, 5.41) is 3.27. The van der Waals surface area contributed by atoms with Gasteiger partial charge in [-0.15, -0.1) is 16.7 Å². The smallest absolute Gasteiger partial charge is 0.0947 e. The fourth-order valence-corrected chi connectivity index (χ4v) is 0.184. The van der Waals surface area contributed by atoms with Gasteiger partial charge in [0.05, 0.1) is 18.9 Å². The molecule has 0 atom stereocenters. The summed E-state index contributed by atoms with van der Waals surface area (Å²) < 4.78 is 0. The molecule has 4 nitrogen and oxygen atoms in total. The van der Waals surface area contributed by atoms with Gasteiger partial charge in [0.2, 0.25) is 0 Å². The fraction of sp³-hybridized carbons (Fsp3) is 0.500. The van der Waals surface area contributed by atoms with E-state index < -0.39 is 0 Å². The molecule has 0 aliphatic carbocycles. The van der Waals surface area contributed by atoms with Crippen molar-refractivity contribution in [3.05, 3.63) is 17.6 Å². The molecule has 0 aliphatic heterocycles. The number of hydroxylamine groups is 1. The zero-order chi connectivity index (χ0) is 6.41. The molecule has 46 valence electrons. The van der Waals surface area contributed by atoms with Crippen LogP contribution in [0.15, 0.2) is 17.9 Å². The summed E-state index contributed by atoms with van der Waals surface area (Å²) in [6.45, 7) is 3.68. The summed E-state index contributed by atoms with van der Waals surface area (Å²) in [6, 6.07) is 0. The van der Waals surface area contributed by atoms with Crippen LogP contribution in [0.5, 0.6) is 0 Å². The molecule has 0 heterocycles. The van der Waals surface area contributed by atoms with Gasteiger partial charge in [0.1, 0.15) is 0 Å². The molecule has 0 N–H and O–H groups in total. The van der Waals surface area contributed by atoms with Gasteiger partial charge in [-0.25, -0.2) is 0 Å². The van der Waals surface area contributed by atoms with E-state index in [1.54, 1.807) is 0 Å². The molecule has 0 radical (unpaired) electrons. The van der Waals surface area contributed by atoms with E-state index in [-0.39, 0.29) is 0 Å². The minimum absolute atomic E-state index is 0.308. The number of nitroso groups, excluding NO2 is 1. The maximum absolute atomic E-state index is 9.53. The Hall–Kier alpha value is -0.900. The Balaban J connectivity index is 3.09. The summed E-state index contributed by atoms with van der Waals surface area (Å²) in [4.78, 5) is 14.1. The normalized spacial score (nSPS) is 8.12. The van der Waals surface area contributed by atoms with Crippen molar-refractivity contribution in [3.63, 3.8) is 0 Å². The lowest BCUT2D eigenvalue weighted by atomic mass is 10.7. The summed E-state index contributed by atoms with van der Waals surface area (Å²) >= 11 is 0. The number of rotatable bonds is 4. The maximum atomic E-state index is 9.53. The van der Waals surface area contributed by atoms with Crippen LogP contribution in [0, 0.1) is 4.91 Å². The van der Waals surface area contributed by atoms with E-state index in [2.05, 4.69) is 16.7 Å². The van der Waals surface area contributed by atoms with Gasteiger partial charge >= 0.3 is 0 Å². The lowest BCUT2D eigenvalue weighted by Crippen LogP contribution is -2.10.